The third-order valence-corrected chi connectivity index (χ3v) is 8.31. The van der Waals surface area contributed by atoms with Gasteiger partial charge in [-0.2, -0.15) is 11.8 Å². The van der Waals surface area contributed by atoms with E-state index in [-0.39, 0.29) is 29.7 Å². The lowest BCUT2D eigenvalue weighted by atomic mass is 9.90. The minimum atomic E-state index is -3.18. The van der Waals surface area contributed by atoms with Gasteiger partial charge in [0.05, 0.1) is 5.75 Å². The Morgan fingerprint density at radius 1 is 1.14 bits per heavy atom. The summed E-state index contributed by atoms with van der Waals surface area (Å²) in [6, 6.07) is 10.7. The Hall–Kier alpha value is -0.520. The SMILES string of the molecule is CN=C(NCCS(=O)(=O)N1CCSCC1)N1CCC(Cc2ccccc2)CC1.I. The predicted octanol–water partition coefficient (Wildman–Crippen LogP) is 2.51. The third kappa shape index (κ3) is 7.59. The van der Waals surface area contributed by atoms with Gasteiger partial charge in [0.15, 0.2) is 5.96 Å². The zero-order valence-corrected chi connectivity index (χ0v) is 21.1. The van der Waals surface area contributed by atoms with Crippen LogP contribution in [0.25, 0.3) is 0 Å². The van der Waals surface area contributed by atoms with E-state index >= 15 is 0 Å². The molecule has 0 bridgehead atoms. The summed E-state index contributed by atoms with van der Waals surface area (Å²) in [7, 11) is -1.40. The van der Waals surface area contributed by atoms with Crippen LogP contribution in [0.4, 0.5) is 0 Å². The first kappa shape index (κ1) is 24.7. The predicted molar refractivity (Wildman–Crippen MR) is 134 cm³/mol. The molecule has 0 atom stereocenters. The number of guanidine groups is 1. The largest absolute Gasteiger partial charge is 0.355 e. The van der Waals surface area contributed by atoms with Crippen molar-refractivity contribution >= 4 is 51.7 Å². The lowest BCUT2D eigenvalue weighted by Crippen LogP contribution is -2.48. The van der Waals surface area contributed by atoms with E-state index in [1.165, 1.54) is 5.56 Å². The maximum absolute atomic E-state index is 12.5. The number of likely N-dealkylation sites (tertiary alicyclic amines) is 1. The summed E-state index contributed by atoms with van der Waals surface area (Å²) in [5, 5.41) is 3.26. The van der Waals surface area contributed by atoms with Crippen LogP contribution >= 0.6 is 35.7 Å². The van der Waals surface area contributed by atoms with Gasteiger partial charge in [-0.25, -0.2) is 12.7 Å². The minimum Gasteiger partial charge on any atom is -0.355 e. The topological polar surface area (TPSA) is 65.0 Å². The maximum Gasteiger partial charge on any atom is 0.215 e. The number of hydrogen-bond donors (Lipinski definition) is 1. The Bertz CT molecular complexity index is 732. The van der Waals surface area contributed by atoms with Crippen molar-refractivity contribution < 1.29 is 8.42 Å². The summed E-state index contributed by atoms with van der Waals surface area (Å²) in [6.07, 6.45) is 3.41. The first-order chi connectivity index (χ1) is 13.6. The Kier molecular flexibility index (Phi) is 10.5. The molecule has 9 heteroatoms. The van der Waals surface area contributed by atoms with Crippen LogP contribution in [0.2, 0.25) is 0 Å². The van der Waals surface area contributed by atoms with Gasteiger partial charge in [-0.15, -0.1) is 24.0 Å². The quantitative estimate of drug-likeness (QED) is 0.334. The summed E-state index contributed by atoms with van der Waals surface area (Å²) >= 11 is 1.82. The molecule has 2 heterocycles. The Balaban J connectivity index is 0.00000300. The van der Waals surface area contributed by atoms with Crippen molar-refractivity contribution in [1.29, 1.82) is 0 Å². The monoisotopic (exact) mass is 552 g/mol. The van der Waals surface area contributed by atoms with Crippen LogP contribution in [-0.2, 0) is 16.4 Å². The van der Waals surface area contributed by atoms with Gasteiger partial charge in [0.2, 0.25) is 10.0 Å². The van der Waals surface area contributed by atoms with Crippen LogP contribution in [-0.4, -0.2) is 80.6 Å². The van der Waals surface area contributed by atoms with Crippen molar-refractivity contribution in [3.63, 3.8) is 0 Å². The van der Waals surface area contributed by atoms with Crippen molar-refractivity contribution in [2.45, 2.75) is 19.3 Å². The maximum atomic E-state index is 12.5. The number of rotatable bonds is 6. The van der Waals surface area contributed by atoms with Crippen LogP contribution in [0.3, 0.4) is 0 Å². The Labute approximate surface area is 197 Å². The van der Waals surface area contributed by atoms with Crippen molar-refractivity contribution in [3.05, 3.63) is 35.9 Å². The zero-order valence-electron chi connectivity index (χ0n) is 17.1. The normalized spacial score (nSPS) is 19.6. The fourth-order valence-electron chi connectivity index (χ4n) is 3.87. The highest BCUT2D eigenvalue weighted by Gasteiger charge is 2.25. The lowest BCUT2D eigenvalue weighted by Gasteiger charge is -2.34. The van der Waals surface area contributed by atoms with E-state index in [0.717, 1.165) is 49.8 Å². The highest BCUT2D eigenvalue weighted by Crippen LogP contribution is 2.21. The molecule has 0 spiro atoms. The molecule has 0 radical (unpaired) electrons. The van der Waals surface area contributed by atoms with Crippen molar-refractivity contribution in [1.82, 2.24) is 14.5 Å². The molecule has 6 nitrogen and oxygen atoms in total. The van der Waals surface area contributed by atoms with Gasteiger partial charge in [0.1, 0.15) is 0 Å². The molecule has 0 unspecified atom stereocenters. The van der Waals surface area contributed by atoms with Crippen molar-refractivity contribution in [2.75, 3.05) is 57.0 Å². The minimum absolute atomic E-state index is 0. The third-order valence-electron chi connectivity index (χ3n) is 5.50. The first-order valence-electron chi connectivity index (χ1n) is 10.1. The number of aliphatic imine (C=N–C) groups is 1. The summed E-state index contributed by atoms with van der Waals surface area (Å²) in [6.45, 7) is 3.61. The van der Waals surface area contributed by atoms with Gasteiger partial charge < -0.3 is 10.2 Å². The summed E-state index contributed by atoms with van der Waals surface area (Å²) in [5.74, 6) is 3.44. The molecule has 29 heavy (non-hydrogen) atoms. The molecule has 2 fully saturated rings. The molecule has 2 aliphatic heterocycles. The lowest BCUT2D eigenvalue weighted by molar-refractivity contribution is 0.259. The summed E-state index contributed by atoms with van der Waals surface area (Å²) in [5.41, 5.74) is 1.41. The number of nitrogens with one attached hydrogen (secondary N) is 1. The summed E-state index contributed by atoms with van der Waals surface area (Å²) in [4.78, 5) is 6.63. The average Bonchev–Trinajstić information content (AvgIpc) is 2.73. The van der Waals surface area contributed by atoms with E-state index < -0.39 is 10.0 Å². The van der Waals surface area contributed by atoms with Crippen LogP contribution in [0.1, 0.15) is 18.4 Å². The Morgan fingerprint density at radius 2 is 1.79 bits per heavy atom. The van der Waals surface area contributed by atoms with Crippen LogP contribution in [0.15, 0.2) is 35.3 Å². The fraction of sp³-hybridized carbons (Fsp3) is 0.650. The molecule has 1 aromatic carbocycles. The molecule has 3 rings (SSSR count). The van der Waals surface area contributed by atoms with E-state index in [1.54, 1.807) is 11.4 Å². The molecule has 0 aromatic heterocycles. The van der Waals surface area contributed by atoms with Gasteiger partial charge >= 0.3 is 0 Å². The average molecular weight is 553 g/mol. The highest BCUT2D eigenvalue weighted by molar-refractivity contribution is 14.0. The molecule has 0 saturated carbocycles. The molecule has 1 aromatic rings. The van der Waals surface area contributed by atoms with Gasteiger partial charge in [-0.1, -0.05) is 30.3 Å². The number of halogens is 1. The second kappa shape index (κ2) is 12.4. The smallest absolute Gasteiger partial charge is 0.215 e. The number of nitrogens with zero attached hydrogens (tertiary/aromatic N) is 3. The van der Waals surface area contributed by atoms with E-state index in [1.807, 2.05) is 11.8 Å². The van der Waals surface area contributed by atoms with Crippen molar-refractivity contribution in [3.8, 4) is 0 Å². The number of benzene rings is 1. The molecule has 0 aliphatic carbocycles. The Morgan fingerprint density at radius 3 is 2.41 bits per heavy atom. The van der Waals surface area contributed by atoms with Gasteiger partial charge in [-0.3, -0.25) is 4.99 Å². The fourth-order valence-corrected chi connectivity index (χ4v) is 6.37. The van der Waals surface area contributed by atoms with E-state index in [9.17, 15) is 8.42 Å². The number of piperidine rings is 1. The van der Waals surface area contributed by atoms with E-state index in [4.69, 9.17) is 0 Å². The van der Waals surface area contributed by atoms with Crippen LogP contribution < -0.4 is 5.32 Å². The molecule has 2 aliphatic rings. The number of sulfonamides is 1. The molecular formula is C20H33IN4O2S2. The van der Waals surface area contributed by atoms with E-state index in [2.05, 4.69) is 45.5 Å². The summed E-state index contributed by atoms with van der Waals surface area (Å²) < 4.78 is 26.6. The van der Waals surface area contributed by atoms with E-state index in [0.29, 0.717) is 25.6 Å². The van der Waals surface area contributed by atoms with Gasteiger partial charge in [-0.05, 0) is 30.7 Å². The zero-order chi connectivity index (χ0) is 19.8. The van der Waals surface area contributed by atoms with Crippen LogP contribution in [0, 0.1) is 5.92 Å². The van der Waals surface area contributed by atoms with Crippen LogP contribution in [0.5, 0.6) is 0 Å². The molecular weight excluding hydrogens is 519 g/mol. The first-order valence-corrected chi connectivity index (χ1v) is 12.9. The number of thioether (sulfide) groups is 1. The molecule has 2 saturated heterocycles. The second-order valence-corrected chi connectivity index (χ2v) is 10.7. The van der Waals surface area contributed by atoms with Gasteiger partial charge in [0.25, 0.3) is 0 Å². The van der Waals surface area contributed by atoms with Crippen molar-refractivity contribution in [2.24, 2.45) is 10.9 Å². The number of hydrogen-bond acceptors (Lipinski definition) is 4. The standard InChI is InChI=1S/C20H32N4O2S2.HI/c1-21-20(22-9-16-28(25,26)24-12-14-27-15-13-24)23-10-7-19(8-11-23)17-18-5-3-2-4-6-18;/h2-6,19H,7-17H2,1H3,(H,21,22);1H. The second-order valence-electron chi connectivity index (χ2n) is 7.42. The molecule has 0 amide bonds. The van der Waals surface area contributed by atoms with Gasteiger partial charge in [0, 0.05) is 51.3 Å². The highest BCUT2D eigenvalue weighted by atomic mass is 127. The molecule has 1 N–H and O–H groups in total. The molecule has 164 valence electrons.